The Hall–Kier alpha value is -3.32. The summed E-state index contributed by atoms with van der Waals surface area (Å²) >= 11 is 0. The molecule has 7 heteroatoms. The fourth-order valence-corrected chi connectivity index (χ4v) is 4.18. The molecular weight excluding hydrogens is 394 g/mol. The van der Waals surface area contributed by atoms with Gasteiger partial charge in [0, 0.05) is 37.8 Å². The van der Waals surface area contributed by atoms with E-state index in [1.807, 2.05) is 23.1 Å². The minimum Gasteiger partial charge on any atom is -0.497 e. The van der Waals surface area contributed by atoms with Crippen LogP contribution in [0.5, 0.6) is 11.5 Å². The second-order valence-electron chi connectivity index (χ2n) is 7.49. The number of hydrogen-bond donors (Lipinski definition) is 0. The van der Waals surface area contributed by atoms with Crippen LogP contribution in [0.2, 0.25) is 0 Å². The van der Waals surface area contributed by atoms with E-state index in [-0.39, 0.29) is 11.8 Å². The van der Waals surface area contributed by atoms with Gasteiger partial charge in [0.1, 0.15) is 17.2 Å². The van der Waals surface area contributed by atoms with Crippen LogP contribution in [-0.4, -0.2) is 68.6 Å². The van der Waals surface area contributed by atoms with Crippen molar-refractivity contribution in [2.75, 3.05) is 51.8 Å². The molecule has 0 saturated carbocycles. The number of nitrogens with zero attached hydrogens (tertiary/aromatic N) is 3. The Labute approximate surface area is 182 Å². The fourth-order valence-electron chi connectivity index (χ4n) is 4.18. The lowest BCUT2D eigenvalue weighted by Crippen LogP contribution is -2.47. The number of likely N-dealkylation sites (N-methyl/N-ethyl adjacent to an activating group) is 1. The Bertz CT molecular complexity index is 1020. The monoisotopic (exact) mass is 421 g/mol. The Balaban J connectivity index is 1.81. The number of hydrogen-bond acceptors (Lipinski definition) is 6. The highest BCUT2D eigenvalue weighted by atomic mass is 16.5. The first-order chi connectivity index (χ1) is 15.1. The minimum absolute atomic E-state index is 0.316. The lowest BCUT2D eigenvalue weighted by Gasteiger charge is -2.36. The number of anilines is 1. The normalized spacial score (nSPS) is 17.5. The molecule has 2 amide bonds. The summed E-state index contributed by atoms with van der Waals surface area (Å²) in [5.41, 5.74) is 1.94. The van der Waals surface area contributed by atoms with Crippen molar-refractivity contribution < 1.29 is 19.1 Å². The average molecular weight is 421 g/mol. The smallest absolute Gasteiger partial charge is 0.282 e. The van der Waals surface area contributed by atoms with Crippen LogP contribution in [0.3, 0.4) is 0 Å². The number of carbonyl (C=O) groups is 2. The van der Waals surface area contributed by atoms with E-state index < -0.39 is 0 Å². The van der Waals surface area contributed by atoms with Gasteiger partial charge in [0.15, 0.2) is 0 Å². The van der Waals surface area contributed by atoms with Gasteiger partial charge < -0.3 is 19.3 Å². The summed E-state index contributed by atoms with van der Waals surface area (Å²) in [6, 6.07) is 14.3. The predicted molar refractivity (Wildman–Crippen MR) is 119 cm³/mol. The van der Waals surface area contributed by atoms with Crippen molar-refractivity contribution in [3.05, 3.63) is 59.8 Å². The number of amides is 2. The second kappa shape index (κ2) is 8.81. The zero-order valence-corrected chi connectivity index (χ0v) is 18.1. The van der Waals surface area contributed by atoms with E-state index in [2.05, 4.69) is 11.8 Å². The topological polar surface area (TPSA) is 62.3 Å². The number of benzene rings is 2. The van der Waals surface area contributed by atoms with Gasteiger partial charge in [0.25, 0.3) is 11.8 Å². The van der Waals surface area contributed by atoms with Gasteiger partial charge in [-0.05, 0) is 24.7 Å². The third kappa shape index (κ3) is 3.77. The van der Waals surface area contributed by atoms with E-state index in [9.17, 15) is 9.59 Å². The first-order valence-electron chi connectivity index (χ1n) is 10.5. The Morgan fingerprint density at radius 2 is 1.61 bits per heavy atom. The zero-order chi connectivity index (χ0) is 22.0. The molecule has 2 heterocycles. The molecule has 0 radical (unpaired) electrons. The largest absolute Gasteiger partial charge is 0.497 e. The highest BCUT2D eigenvalue weighted by Gasteiger charge is 2.43. The van der Waals surface area contributed by atoms with E-state index in [1.54, 1.807) is 44.6 Å². The van der Waals surface area contributed by atoms with Crippen LogP contribution in [0.1, 0.15) is 12.5 Å². The number of carbonyl (C=O) groups excluding carboxylic acids is 2. The third-order valence-corrected chi connectivity index (χ3v) is 5.88. The standard InChI is InChI=1S/C24H27N3O4/c1-4-25-12-14-26(15-13-25)22-21(19-10-5-6-11-20(19)31-3)23(28)27(24(22)29)17-8-7-9-18(16-17)30-2/h5-11,16H,4,12-15H2,1-3H3. The first kappa shape index (κ1) is 20.9. The van der Waals surface area contributed by atoms with Gasteiger partial charge in [-0.15, -0.1) is 0 Å². The molecule has 0 bridgehead atoms. The Kier molecular flexibility index (Phi) is 5.95. The number of ether oxygens (including phenoxy) is 2. The molecule has 0 atom stereocenters. The average Bonchev–Trinajstić information content (AvgIpc) is 3.08. The SMILES string of the molecule is CCN1CCN(C2=C(c3ccccc3OC)C(=O)N(c3cccc(OC)c3)C2=O)CC1. The summed E-state index contributed by atoms with van der Waals surface area (Å²) < 4.78 is 10.8. The van der Waals surface area contributed by atoms with E-state index in [4.69, 9.17) is 9.47 Å². The molecule has 31 heavy (non-hydrogen) atoms. The van der Waals surface area contributed by atoms with Crippen LogP contribution in [0.4, 0.5) is 5.69 Å². The summed E-state index contributed by atoms with van der Waals surface area (Å²) in [6.45, 7) is 6.16. The first-order valence-corrected chi connectivity index (χ1v) is 10.5. The van der Waals surface area contributed by atoms with Crippen LogP contribution in [0.15, 0.2) is 54.2 Å². The summed E-state index contributed by atoms with van der Waals surface area (Å²) in [5, 5.41) is 0. The quantitative estimate of drug-likeness (QED) is 0.669. The summed E-state index contributed by atoms with van der Waals surface area (Å²) in [5.74, 6) is 0.484. The molecule has 4 rings (SSSR count). The van der Waals surface area contributed by atoms with E-state index in [0.717, 1.165) is 19.6 Å². The highest BCUT2D eigenvalue weighted by molar-refractivity contribution is 6.45. The molecule has 1 fully saturated rings. The van der Waals surface area contributed by atoms with Gasteiger partial charge in [-0.2, -0.15) is 0 Å². The molecule has 2 aromatic carbocycles. The molecule has 0 spiro atoms. The molecule has 0 unspecified atom stereocenters. The van der Waals surface area contributed by atoms with Gasteiger partial charge in [0.05, 0.1) is 25.5 Å². The number of piperazine rings is 1. The van der Waals surface area contributed by atoms with Crippen LogP contribution in [0, 0.1) is 0 Å². The van der Waals surface area contributed by atoms with Crippen molar-refractivity contribution in [3.63, 3.8) is 0 Å². The maximum Gasteiger partial charge on any atom is 0.282 e. The molecule has 162 valence electrons. The number of para-hydroxylation sites is 1. The number of imide groups is 1. The number of methoxy groups -OCH3 is 2. The molecule has 0 N–H and O–H groups in total. The lowest BCUT2D eigenvalue weighted by atomic mass is 10.0. The van der Waals surface area contributed by atoms with Crippen LogP contribution in [-0.2, 0) is 9.59 Å². The zero-order valence-electron chi connectivity index (χ0n) is 18.1. The van der Waals surface area contributed by atoms with Crippen LogP contribution >= 0.6 is 0 Å². The summed E-state index contributed by atoms with van der Waals surface area (Å²) in [7, 11) is 3.13. The van der Waals surface area contributed by atoms with E-state index in [0.29, 0.717) is 47.1 Å². The van der Waals surface area contributed by atoms with Crippen molar-refractivity contribution in [2.45, 2.75) is 6.92 Å². The van der Waals surface area contributed by atoms with Crippen LogP contribution < -0.4 is 14.4 Å². The molecule has 0 aliphatic carbocycles. The van der Waals surface area contributed by atoms with Crippen LogP contribution in [0.25, 0.3) is 5.57 Å². The number of rotatable bonds is 6. The Morgan fingerprint density at radius 1 is 0.871 bits per heavy atom. The second-order valence-corrected chi connectivity index (χ2v) is 7.49. The molecule has 7 nitrogen and oxygen atoms in total. The van der Waals surface area contributed by atoms with Gasteiger partial charge >= 0.3 is 0 Å². The van der Waals surface area contributed by atoms with Crippen molar-refractivity contribution in [2.24, 2.45) is 0 Å². The van der Waals surface area contributed by atoms with Crippen molar-refractivity contribution in [3.8, 4) is 11.5 Å². The predicted octanol–water partition coefficient (Wildman–Crippen LogP) is 2.63. The lowest BCUT2D eigenvalue weighted by molar-refractivity contribution is -0.120. The Morgan fingerprint density at radius 3 is 2.29 bits per heavy atom. The van der Waals surface area contributed by atoms with Gasteiger partial charge in [0.2, 0.25) is 0 Å². The van der Waals surface area contributed by atoms with Crippen molar-refractivity contribution in [1.82, 2.24) is 9.80 Å². The fraction of sp³-hybridized carbons (Fsp3) is 0.333. The van der Waals surface area contributed by atoms with Gasteiger partial charge in [-0.1, -0.05) is 31.2 Å². The van der Waals surface area contributed by atoms with Crippen molar-refractivity contribution >= 4 is 23.1 Å². The van der Waals surface area contributed by atoms with Gasteiger partial charge in [-0.25, -0.2) is 4.90 Å². The van der Waals surface area contributed by atoms with E-state index in [1.165, 1.54) is 4.90 Å². The third-order valence-electron chi connectivity index (χ3n) is 5.88. The molecule has 0 aromatic heterocycles. The van der Waals surface area contributed by atoms with Gasteiger partial charge in [-0.3, -0.25) is 9.59 Å². The van der Waals surface area contributed by atoms with E-state index >= 15 is 0 Å². The molecule has 1 saturated heterocycles. The maximum atomic E-state index is 13.7. The van der Waals surface area contributed by atoms with Crippen molar-refractivity contribution in [1.29, 1.82) is 0 Å². The summed E-state index contributed by atoms with van der Waals surface area (Å²) in [6.07, 6.45) is 0. The summed E-state index contributed by atoms with van der Waals surface area (Å²) in [4.78, 5) is 32.9. The molecule has 2 aliphatic heterocycles. The highest BCUT2D eigenvalue weighted by Crippen LogP contribution is 2.39. The molecule has 2 aromatic rings. The maximum absolute atomic E-state index is 13.7. The molecular formula is C24H27N3O4. The minimum atomic E-state index is -0.351. The molecule has 2 aliphatic rings.